The van der Waals surface area contributed by atoms with Crippen LogP contribution in [-0.2, 0) is 25.7 Å². The lowest BCUT2D eigenvalue weighted by molar-refractivity contribution is -0.311. The summed E-state index contributed by atoms with van der Waals surface area (Å²) >= 11 is 5.03. The van der Waals surface area contributed by atoms with Gasteiger partial charge in [0.05, 0.1) is 23.9 Å². The standard InChI is InChI=1S/C21H31N5O8S/c1-22-21(35)23-16-4-2-15(3-5-16)10-25(12-18(29)30)8-6-24(11-17(27)28)7-9-26(13-19(31)32)14-20(33)34/h2-5H,6-14H2,1H3,(H,27,28)(H,29,30)(H,31,32)(H,33,34)(H2,22,23,35)/p-4. The van der Waals surface area contributed by atoms with Gasteiger partial charge in [-0.25, -0.2) is 0 Å². The van der Waals surface area contributed by atoms with E-state index in [1.54, 1.807) is 36.2 Å². The van der Waals surface area contributed by atoms with Gasteiger partial charge in [-0.3, -0.25) is 14.7 Å². The van der Waals surface area contributed by atoms with Gasteiger partial charge in [0, 0.05) is 71.6 Å². The van der Waals surface area contributed by atoms with Crippen molar-refractivity contribution in [2.24, 2.45) is 0 Å². The van der Waals surface area contributed by atoms with Gasteiger partial charge in [-0.15, -0.1) is 0 Å². The number of aliphatic carboxylic acids is 4. The molecule has 14 heteroatoms. The highest BCUT2D eigenvalue weighted by atomic mass is 32.1. The molecule has 1 aromatic rings. The number of hydrogen-bond acceptors (Lipinski definition) is 12. The van der Waals surface area contributed by atoms with Gasteiger partial charge in [0.25, 0.3) is 0 Å². The fourth-order valence-electron chi connectivity index (χ4n) is 3.14. The number of carbonyl (C=O) groups excluding carboxylic acids is 4. The molecule has 0 saturated carbocycles. The summed E-state index contributed by atoms with van der Waals surface area (Å²) in [4.78, 5) is 48.0. The first kappa shape index (κ1) is 29.7. The largest absolute Gasteiger partial charge is 0.549 e. The second kappa shape index (κ2) is 15.5. The Morgan fingerprint density at radius 1 is 0.714 bits per heavy atom. The summed E-state index contributed by atoms with van der Waals surface area (Å²) < 4.78 is 0. The third kappa shape index (κ3) is 13.8. The Labute approximate surface area is 207 Å². The van der Waals surface area contributed by atoms with Crippen LogP contribution in [-0.4, -0.2) is 103 Å². The molecule has 13 nitrogen and oxygen atoms in total. The Morgan fingerprint density at radius 3 is 1.57 bits per heavy atom. The lowest BCUT2D eigenvalue weighted by Gasteiger charge is -2.31. The van der Waals surface area contributed by atoms with E-state index in [2.05, 4.69) is 10.6 Å². The first-order valence-corrected chi connectivity index (χ1v) is 10.9. The maximum absolute atomic E-state index is 11.2. The first-order chi connectivity index (χ1) is 16.5. The SMILES string of the molecule is CNC(=S)Nc1ccc(CN(CCN(CCN(CC(=O)[O-])CC(=O)[O-])CC(=O)[O-])CC(=O)[O-])cc1. The van der Waals surface area contributed by atoms with E-state index in [-0.39, 0.29) is 32.7 Å². The summed E-state index contributed by atoms with van der Waals surface area (Å²) in [6.45, 7) is -1.95. The van der Waals surface area contributed by atoms with Crippen LogP contribution in [0.5, 0.6) is 0 Å². The molecule has 2 N–H and O–H groups in total. The van der Waals surface area contributed by atoms with E-state index in [0.29, 0.717) is 5.11 Å². The maximum atomic E-state index is 11.2. The van der Waals surface area contributed by atoms with Gasteiger partial charge < -0.3 is 50.2 Å². The molecule has 0 radical (unpaired) electrons. The molecule has 0 aliphatic rings. The number of benzene rings is 1. The number of carboxylic acids is 4. The van der Waals surface area contributed by atoms with E-state index in [9.17, 15) is 39.6 Å². The van der Waals surface area contributed by atoms with Crippen molar-refractivity contribution >= 4 is 46.9 Å². The van der Waals surface area contributed by atoms with E-state index in [0.717, 1.165) is 16.2 Å². The Morgan fingerprint density at radius 2 is 1.11 bits per heavy atom. The number of nitrogens with zero attached hydrogens (tertiary/aromatic N) is 3. The molecule has 0 atom stereocenters. The van der Waals surface area contributed by atoms with Gasteiger partial charge in [0.2, 0.25) is 0 Å². The van der Waals surface area contributed by atoms with Gasteiger partial charge >= 0.3 is 0 Å². The molecule has 0 aliphatic carbocycles. The number of carbonyl (C=O) groups is 4. The highest BCUT2D eigenvalue weighted by molar-refractivity contribution is 7.80. The van der Waals surface area contributed by atoms with E-state index in [4.69, 9.17) is 12.2 Å². The topological polar surface area (TPSA) is 194 Å². The summed E-state index contributed by atoms with van der Waals surface area (Å²) in [6, 6.07) is 7.09. The number of anilines is 1. The third-order valence-corrected chi connectivity index (χ3v) is 5.03. The van der Waals surface area contributed by atoms with E-state index < -0.39 is 50.1 Å². The van der Waals surface area contributed by atoms with Crippen molar-refractivity contribution in [3.63, 3.8) is 0 Å². The first-order valence-electron chi connectivity index (χ1n) is 10.5. The Kier molecular flexibility index (Phi) is 13.2. The average Bonchev–Trinajstić information content (AvgIpc) is 2.75. The third-order valence-electron chi connectivity index (χ3n) is 4.72. The van der Waals surface area contributed by atoms with Crippen LogP contribution in [0.4, 0.5) is 5.69 Å². The van der Waals surface area contributed by atoms with E-state index >= 15 is 0 Å². The van der Waals surface area contributed by atoms with Crippen molar-refractivity contribution in [2.75, 3.05) is 64.7 Å². The molecule has 0 aliphatic heterocycles. The zero-order valence-corrected chi connectivity index (χ0v) is 20.0. The molecule has 0 amide bonds. The van der Waals surface area contributed by atoms with Crippen molar-refractivity contribution < 1.29 is 39.6 Å². The minimum Gasteiger partial charge on any atom is -0.549 e. The minimum absolute atomic E-state index is 0.0144. The molecule has 1 aromatic carbocycles. The van der Waals surface area contributed by atoms with Crippen LogP contribution in [0.3, 0.4) is 0 Å². The number of carboxylic acid groups (broad SMARTS) is 4. The number of nitrogens with one attached hydrogen (secondary N) is 2. The van der Waals surface area contributed by atoms with Crippen molar-refractivity contribution in [3.8, 4) is 0 Å². The fraction of sp³-hybridized carbons (Fsp3) is 0.476. The number of rotatable bonds is 17. The number of hydrogen-bond donors (Lipinski definition) is 2. The lowest BCUT2D eigenvalue weighted by Crippen LogP contribution is -2.49. The summed E-state index contributed by atoms with van der Waals surface area (Å²) in [5, 5.41) is 50.2. The van der Waals surface area contributed by atoms with Gasteiger partial charge in [0.1, 0.15) is 0 Å². The molecule has 0 aromatic heterocycles. The summed E-state index contributed by atoms with van der Waals surface area (Å²) in [6.07, 6.45) is 0. The lowest BCUT2D eigenvalue weighted by atomic mass is 10.2. The van der Waals surface area contributed by atoms with Gasteiger partial charge in [0.15, 0.2) is 5.11 Å². The summed E-state index contributed by atoms with van der Waals surface area (Å²) in [5.41, 5.74) is 1.52. The van der Waals surface area contributed by atoms with Crippen LogP contribution in [0.2, 0.25) is 0 Å². The Hall–Kier alpha value is -3.33. The molecule has 1 rings (SSSR count). The maximum Gasteiger partial charge on any atom is 0.170 e. The fourth-order valence-corrected chi connectivity index (χ4v) is 3.26. The summed E-state index contributed by atoms with van der Waals surface area (Å²) in [7, 11) is 1.68. The molecule has 0 spiro atoms. The normalized spacial score (nSPS) is 11.0. The molecular formula is C21H27N5O8S-4. The summed E-state index contributed by atoms with van der Waals surface area (Å²) in [5.74, 6) is -5.70. The molecule has 0 saturated heterocycles. The van der Waals surface area contributed by atoms with Crippen LogP contribution >= 0.6 is 12.2 Å². The van der Waals surface area contributed by atoms with Crippen molar-refractivity contribution in [2.45, 2.75) is 6.54 Å². The average molecular weight is 510 g/mol. The molecule has 0 unspecified atom stereocenters. The second-order valence-corrected chi connectivity index (χ2v) is 7.99. The second-order valence-electron chi connectivity index (χ2n) is 7.59. The molecular weight excluding hydrogens is 482 g/mol. The molecule has 0 bridgehead atoms. The monoisotopic (exact) mass is 509 g/mol. The van der Waals surface area contributed by atoms with Crippen LogP contribution in [0.25, 0.3) is 0 Å². The smallest absolute Gasteiger partial charge is 0.170 e. The highest BCUT2D eigenvalue weighted by Gasteiger charge is 2.14. The van der Waals surface area contributed by atoms with Crippen LogP contribution in [0.15, 0.2) is 24.3 Å². The van der Waals surface area contributed by atoms with Crippen LogP contribution < -0.4 is 31.1 Å². The van der Waals surface area contributed by atoms with Crippen LogP contribution in [0.1, 0.15) is 5.56 Å². The van der Waals surface area contributed by atoms with Crippen molar-refractivity contribution in [1.82, 2.24) is 20.0 Å². The van der Waals surface area contributed by atoms with Gasteiger partial charge in [-0.05, 0) is 29.9 Å². The number of thiocarbonyl (C=S) groups is 1. The predicted molar refractivity (Wildman–Crippen MR) is 120 cm³/mol. The highest BCUT2D eigenvalue weighted by Crippen LogP contribution is 2.12. The van der Waals surface area contributed by atoms with E-state index in [1.807, 2.05) is 0 Å². The molecule has 0 fully saturated rings. The quantitative estimate of drug-likeness (QED) is 0.188. The van der Waals surface area contributed by atoms with Gasteiger partial charge in [-0.1, -0.05) is 12.1 Å². The van der Waals surface area contributed by atoms with Crippen LogP contribution in [0, 0.1) is 0 Å². The molecule has 194 valence electrons. The Bertz CT molecular complexity index is 867. The van der Waals surface area contributed by atoms with Gasteiger partial charge in [-0.2, -0.15) is 0 Å². The Balaban J connectivity index is 2.80. The predicted octanol–water partition coefficient (Wildman–Crippen LogP) is -5.99. The van der Waals surface area contributed by atoms with Crippen molar-refractivity contribution in [3.05, 3.63) is 29.8 Å². The molecule has 0 heterocycles. The van der Waals surface area contributed by atoms with Crippen molar-refractivity contribution in [1.29, 1.82) is 0 Å². The zero-order chi connectivity index (χ0) is 26.4. The zero-order valence-electron chi connectivity index (χ0n) is 19.2. The minimum atomic E-state index is -1.49. The van der Waals surface area contributed by atoms with E-state index in [1.165, 1.54) is 4.90 Å². The molecule has 35 heavy (non-hydrogen) atoms.